The maximum atomic E-state index is 11.2. The molecule has 23 heavy (non-hydrogen) atoms. The summed E-state index contributed by atoms with van der Waals surface area (Å²) in [4.78, 5) is -0.150. The first kappa shape index (κ1) is 14.4. The number of benzene rings is 3. The van der Waals surface area contributed by atoms with Crippen molar-refractivity contribution in [1.82, 2.24) is 0 Å². The Kier molecular flexibility index (Phi) is 3.40. The zero-order valence-electron chi connectivity index (χ0n) is 12.4. The van der Waals surface area contributed by atoms with Crippen LogP contribution in [0, 0.1) is 0 Å². The summed E-state index contributed by atoms with van der Waals surface area (Å²) in [7, 11) is 0. The Morgan fingerprint density at radius 2 is 1.70 bits per heavy atom. The molecule has 0 radical (unpaired) electrons. The molecule has 1 atom stereocenters. The van der Waals surface area contributed by atoms with Gasteiger partial charge in [0.25, 0.3) is 0 Å². The monoisotopic (exact) mass is 320 g/mol. The van der Waals surface area contributed by atoms with Gasteiger partial charge in [0.15, 0.2) is 4.93 Å². The number of thioether (sulfide) groups is 1. The summed E-state index contributed by atoms with van der Waals surface area (Å²) >= 11 is 1.41. The van der Waals surface area contributed by atoms with Gasteiger partial charge < -0.3 is 10.2 Å². The first-order valence-electron chi connectivity index (χ1n) is 7.55. The second-order valence-corrected chi connectivity index (χ2v) is 6.95. The summed E-state index contributed by atoms with van der Waals surface area (Å²) in [6, 6.07) is 19.6. The van der Waals surface area contributed by atoms with Gasteiger partial charge in [0, 0.05) is 16.0 Å². The van der Waals surface area contributed by atoms with Crippen molar-refractivity contribution in [3.05, 3.63) is 83.9 Å². The van der Waals surface area contributed by atoms with Gasteiger partial charge in [-0.1, -0.05) is 66.4 Å². The Morgan fingerprint density at radius 3 is 2.61 bits per heavy atom. The molecule has 0 saturated carbocycles. The molecule has 0 heterocycles. The summed E-state index contributed by atoms with van der Waals surface area (Å²) in [6.07, 6.45) is 4.38. The van der Waals surface area contributed by atoms with Crippen LogP contribution in [0.4, 0.5) is 0 Å². The van der Waals surface area contributed by atoms with Gasteiger partial charge in [0.2, 0.25) is 0 Å². The topological polar surface area (TPSA) is 40.5 Å². The molecule has 0 amide bonds. The van der Waals surface area contributed by atoms with E-state index >= 15 is 0 Å². The lowest BCUT2D eigenvalue weighted by atomic mass is 9.93. The Bertz CT molecular complexity index is 911. The summed E-state index contributed by atoms with van der Waals surface area (Å²) in [5, 5.41) is 23.6. The molecule has 2 nitrogen and oxygen atoms in total. The fraction of sp³-hybridized carbons (Fsp3) is 0.100. The zero-order chi connectivity index (χ0) is 15.9. The molecule has 3 heteroatoms. The summed E-state index contributed by atoms with van der Waals surface area (Å²) in [5.41, 5.74) is 1.56. The van der Waals surface area contributed by atoms with E-state index in [0.29, 0.717) is 6.42 Å². The average molecular weight is 320 g/mol. The Morgan fingerprint density at radius 1 is 0.913 bits per heavy atom. The van der Waals surface area contributed by atoms with E-state index in [9.17, 15) is 10.2 Å². The van der Waals surface area contributed by atoms with Crippen LogP contribution in [0.25, 0.3) is 10.8 Å². The van der Waals surface area contributed by atoms with Crippen molar-refractivity contribution < 1.29 is 10.2 Å². The lowest BCUT2D eigenvalue weighted by Gasteiger charge is -2.30. The number of fused-ring (bicyclic) bond motifs is 2. The number of hydrogen-bond acceptors (Lipinski definition) is 3. The molecule has 0 bridgehead atoms. The molecule has 1 aliphatic carbocycles. The summed E-state index contributed by atoms with van der Waals surface area (Å²) in [6.45, 7) is 0. The zero-order valence-corrected chi connectivity index (χ0v) is 13.3. The highest BCUT2D eigenvalue weighted by Gasteiger charge is 2.33. The first-order valence-corrected chi connectivity index (χ1v) is 8.37. The lowest BCUT2D eigenvalue weighted by Crippen LogP contribution is -2.23. The maximum absolute atomic E-state index is 11.2. The second-order valence-electron chi connectivity index (χ2n) is 5.69. The standard InChI is InChI=1S/C20H16O2S/c21-18-11-4-10-17-16(18)9-5-13-20(17,22)23-19-12-3-7-14-6-1-2-8-15(14)19/h1-8,10-13,21-22H,9H2. The molecule has 0 spiro atoms. The molecule has 0 saturated heterocycles. The van der Waals surface area contributed by atoms with Crippen LogP contribution in [-0.2, 0) is 11.4 Å². The Labute approximate surface area is 139 Å². The van der Waals surface area contributed by atoms with E-state index in [1.165, 1.54) is 11.8 Å². The van der Waals surface area contributed by atoms with Crippen LogP contribution >= 0.6 is 11.8 Å². The second kappa shape index (κ2) is 5.44. The highest BCUT2D eigenvalue weighted by atomic mass is 32.2. The van der Waals surface area contributed by atoms with E-state index in [0.717, 1.165) is 26.8 Å². The molecule has 0 fully saturated rings. The van der Waals surface area contributed by atoms with Gasteiger partial charge in [0.05, 0.1) is 0 Å². The number of rotatable bonds is 2. The predicted octanol–water partition coefficient (Wildman–Crippen LogP) is 4.60. The highest BCUT2D eigenvalue weighted by molar-refractivity contribution is 8.00. The molecular weight excluding hydrogens is 304 g/mol. The van der Waals surface area contributed by atoms with Crippen LogP contribution in [0.2, 0.25) is 0 Å². The molecule has 1 aliphatic rings. The minimum atomic E-state index is -1.17. The molecule has 1 unspecified atom stereocenters. The summed E-state index contributed by atoms with van der Waals surface area (Å²) in [5.74, 6) is 0.240. The average Bonchev–Trinajstić information content (AvgIpc) is 2.56. The molecule has 4 rings (SSSR count). The van der Waals surface area contributed by atoms with Crippen LogP contribution in [0.15, 0.2) is 77.7 Å². The van der Waals surface area contributed by atoms with Crippen molar-refractivity contribution in [2.45, 2.75) is 16.2 Å². The molecule has 2 N–H and O–H groups in total. The molecule has 3 aromatic carbocycles. The van der Waals surface area contributed by atoms with Gasteiger partial charge in [-0.15, -0.1) is 0 Å². The van der Waals surface area contributed by atoms with E-state index in [1.54, 1.807) is 12.1 Å². The van der Waals surface area contributed by atoms with Crippen molar-refractivity contribution in [2.24, 2.45) is 0 Å². The van der Waals surface area contributed by atoms with Gasteiger partial charge in [-0.25, -0.2) is 0 Å². The third kappa shape index (κ3) is 2.42. The van der Waals surface area contributed by atoms with Gasteiger partial charge >= 0.3 is 0 Å². The predicted molar refractivity (Wildman–Crippen MR) is 94.7 cm³/mol. The minimum absolute atomic E-state index is 0.240. The number of aromatic hydroxyl groups is 1. The van der Waals surface area contributed by atoms with Crippen LogP contribution in [0.1, 0.15) is 11.1 Å². The fourth-order valence-electron chi connectivity index (χ4n) is 3.09. The fourth-order valence-corrected chi connectivity index (χ4v) is 4.34. The van der Waals surface area contributed by atoms with Crippen LogP contribution in [0.3, 0.4) is 0 Å². The number of phenols is 1. The Balaban J connectivity index is 1.83. The minimum Gasteiger partial charge on any atom is -0.508 e. The number of aliphatic hydroxyl groups is 1. The maximum Gasteiger partial charge on any atom is 0.159 e. The van der Waals surface area contributed by atoms with Crippen molar-refractivity contribution in [1.29, 1.82) is 0 Å². The van der Waals surface area contributed by atoms with Crippen molar-refractivity contribution in [3.8, 4) is 5.75 Å². The third-order valence-corrected chi connectivity index (χ3v) is 5.46. The van der Waals surface area contributed by atoms with Crippen molar-refractivity contribution in [2.75, 3.05) is 0 Å². The van der Waals surface area contributed by atoms with E-state index in [-0.39, 0.29) is 5.75 Å². The number of phenolic OH excluding ortho intramolecular Hbond substituents is 1. The smallest absolute Gasteiger partial charge is 0.159 e. The largest absolute Gasteiger partial charge is 0.508 e. The van der Waals surface area contributed by atoms with Crippen molar-refractivity contribution >= 4 is 22.5 Å². The van der Waals surface area contributed by atoms with Crippen molar-refractivity contribution in [3.63, 3.8) is 0 Å². The normalized spacial score (nSPS) is 19.7. The number of hydrogen-bond donors (Lipinski definition) is 2. The van der Waals surface area contributed by atoms with Crippen LogP contribution in [-0.4, -0.2) is 10.2 Å². The van der Waals surface area contributed by atoms with E-state index in [2.05, 4.69) is 18.2 Å². The molecule has 114 valence electrons. The molecule has 3 aromatic rings. The van der Waals surface area contributed by atoms with E-state index < -0.39 is 4.93 Å². The SMILES string of the molecule is Oc1cccc2c1CC=CC2(O)Sc1cccc2ccccc12. The quantitative estimate of drug-likeness (QED) is 0.536. The number of allylic oxidation sites excluding steroid dienone is 1. The lowest BCUT2D eigenvalue weighted by molar-refractivity contribution is 0.186. The van der Waals surface area contributed by atoms with Crippen LogP contribution in [0.5, 0.6) is 5.75 Å². The van der Waals surface area contributed by atoms with E-state index in [1.807, 2.05) is 42.5 Å². The Hall–Kier alpha value is -2.23. The molecule has 0 aromatic heterocycles. The molecule has 0 aliphatic heterocycles. The third-order valence-electron chi connectivity index (χ3n) is 4.22. The van der Waals surface area contributed by atoms with Crippen LogP contribution < -0.4 is 0 Å². The van der Waals surface area contributed by atoms with Gasteiger partial charge in [-0.05, 0) is 35.4 Å². The summed E-state index contributed by atoms with van der Waals surface area (Å²) < 4.78 is 0. The molecular formula is C20H16O2S. The van der Waals surface area contributed by atoms with E-state index in [4.69, 9.17) is 0 Å². The first-order chi connectivity index (χ1) is 11.2. The van der Waals surface area contributed by atoms with Gasteiger partial charge in [0.1, 0.15) is 5.75 Å². The van der Waals surface area contributed by atoms with Gasteiger partial charge in [-0.3, -0.25) is 0 Å². The highest BCUT2D eigenvalue weighted by Crippen LogP contribution is 2.47. The van der Waals surface area contributed by atoms with Gasteiger partial charge in [-0.2, -0.15) is 0 Å².